The fraction of sp³-hybridized carbons (Fsp3) is 0.577. The van der Waals surface area contributed by atoms with Gasteiger partial charge in [0.15, 0.2) is 12.4 Å². The van der Waals surface area contributed by atoms with E-state index in [9.17, 15) is 0 Å². The number of hydrogen-bond acceptors (Lipinski definition) is 1. The first-order valence-electron chi connectivity index (χ1n) is 10.9. The lowest BCUT2D eigenvalue weighted by Gasteiger charge is -2.30. The van der Waals surface area contributed by atoms with Gasteiger partial charge >= 0.3 is 0 Å². The van der Waals surface area contributed by atoms with Crippen molar-refractivity contribution in [2.45, 2.75) is 91.5 Å². The number of ether oxygens (including phenoxy) is 1. The van der Waals surface area contributed by atoms with Gasteiger partial charge in [-0.1, -0.05) is 53.7 Å². The van der Waals surface area contributed by atoms with E-state index in [2.05, 4.69) is 95.8 Å². The van der Waals surface area contributed by atoms with Crippen LogP contribution in [0.15, 0.2) is 42.7 Å². The highest BCUT2D eigenvalue weighted by Crippen LogP contribution is 2.38. The number of rotatable bonds is 10. The fourth-order valence-electron chi connectivity index (χ4n) is 3.26. The van der Waals surface area contributed by atoms with Crippen molar-refractivity contribution in [2.75, 3.05) is 6.61 Å². The molecule has 162 valence electrons. The highest BCUT2D eigenvalue weighted by Gasteiger charge is 2.26. The van der Waals surface area contributed by atoms with Gasteiger partial charge in [0.1, 0.15) is 12.3 Å². The molecule has 0 aliphatic carbocycles. The lowest BCUT2D eigenvalue weighted by molar-refractivity contribution is -0.697. The molecular weight excluding hydrogens is 422 g/mol. The molecular formula is C26H40BrNO. The van der Waals surface area contributed by atoms with Crippen molar-refractivity contribution in [3.63, 3.8) is 0 Å². The summed E-state index contributed by atoms with van der Waals surface area (Å²) >= 11 is 0. The molecule has 1 heterocycles. The van der Waals surface area contributed by atoms with Crippen molar-refractivity contribution < 1.29 is 26.3 Å². The van der Waals surface area contributed by atoms with Gasteiger partial charge in [-0.05, 0) is 54.2 Å². The lowest BCUT2D eigenvalue weighted by atomic mass is 9.76. The number of nitrogens with zero attached hydrogens (tertiary/aromatic N) is 1. The second-order valence-corrected chi connectivity index (χ2v) is 9.35. The van der Waals surface area contributed by atoms with E-state index in [-0.39, 0.29) is 27.8 Å². The number of halogens is 1. The third-order valence-corrected chi connectivity index (χ3v) is 6.38. The van der Waals surface area contributed by atoms with Crippen LogP contribution in [-0.4, -0.2) is 6.61 Å². The molecule has 0 saturated heterocycles. The standard InChI is InChI=1S/C26H40NO.BrH/c1-8-25(4,5)22-12-13-24(23(20-22)26(6,7)9-2)28-19-11-10-16-27-17-14-21(3)15-18-27;/h12-15,17-18,20H,8-11,16,19H2,1-7H3;1H/q+1;/p-1. The largest absolute Gasteiger partial charge is 1.00 e. The summed E-state index contributed by atoms with van der Waals surface area (Å²) < 4.78 is 8.52. The van der Waals surface area contributed by atoms with E-state index < -0.39 is 0 Å². The molecule has 1 aromatic heterocycles. The van der Waals surface area contributed by atoms with E-state index >= 15 is 0 Å². The van der Waals surface area contributed by atoms with Gasteiger partial charge in [0.2, 0.25) is 0 Å². The second kappa shape index (κ2) is 11.2. The van der Waals surface area contributed by atoms with Crippen LogP contribution in [0, 0.1) is 6.92 Å². The van der Waals surface area contributed by atoms with Crippen LogP contribution in [0.5, 0.6) is 5.75 Å². The molecule has 0 unspecified atom stereocenters. The van der Waals surface area contributed by atoms with Crippen LogP contribution >= 0.6 is 0 Å². The normalized spacial score (nSPS) is 11.8. The molecule has 0 atom stereocenters. The quantitative estimate of drug-likeness (QED) is 0.389. The Labute approximate surface area is 189 Å². The molecule has 0 amide bonds. The Hall–Kier alpha value is -1.35. The molecule has 0 radical (unpaired) electrons. The van der Waals surface area contributed by atoms with Gasteiger partial charge in [-0.25, -0.2) is 4.57 Å². The van der Waals surface area contributed by atoms with Gasteiger partial charge in [0, 0.05) is 24.1 Å². The number of hydrogen-bond donors (Lipinski definition) is 0. The van der Waals surface area contributed by atoms with E-state index in [1.807, 2.05) is 0 Å². The Morgan fingerprint density at radius 3 is 2.07 bits per heavy atom. The maximum atomic E-state index is 6.27. The predicted octanol–water partition coefficient (Wildman–Crippen LogP) is 3.52. The summed E-state index contributed by atoms with van der Waals surface area (Å²) in [5.41, 5.74) is 4.38. The van der Waals surface area contributed by atoms with Crippen molar-refractivity contribution in [3.8, 4) is 5.75 Å². The summed E-state index contributed by atoms with van der Waals surface area (Å²) in [6.07, 6.45) is 8.74. The average molecular weight is 463 g/mol. The Bertz CT molecular complexity index is 750. The number of aryl methyl sites for hydroxylation is 2. The number of pyridine rings is 1. The second-order valence-electron chi connectivity index (χ2n) is 9.35. The van der Waals surface area contributed by atoms with Crippen LogP contribution in [0.2, 0.25) is 0 Å². The monoisotopic (exact) mass is 461 g/mol. The summed E-state index contributed by atoms with van der Waals surface area (Å²) in [5.74, 6) is 1.06. The Morgan fingerprint density at radius 2 is 1.48 bits per heavy atom. The first-order valence-corrected chi connectivity index (χ1v) is 10.9. The number of unbranched alkanes of at least 4 members (excludes halogenated alkanes) is 1. The predicted molar refractivity (Wildman–Crippen MR) is 119 cm³/mol. The van der Waals surface area contributed by atoms with Crippen LogP contribution in [0.4, 0.5) is 0 Å². The topological polar surface area (TPSA) is 13.1 Å². The molecule has 0 saturated carbocycles. The van der Waals surface area contributed by atoms with Crippen molar-refractivity contribution in [2.24, 2.45) is 0 Å². The first-order chi connectivity index (χ1) is 13.2. The van der Waals surface area contributed by atoms with Crippen molar-refractivity contribution >= 4 is 0 Å². The van der Waals surface area contributed by atoms with Crippen LogP contribution in [0.3, 0.4) is 0 Å². The van der Waals surface area contributed by atoms with E-state index in [0.29, 0.717) is 0 Å². The Kier molecular flexibility index (Phi) is 9.88. The zero-order valence-corrected chi connectivity index (χ0v) is 21.1. The van der Waals surface area contributed by atoms with E-state index in [1.165, 1.54) is 16.7 Å². The third kappa shape index (κ3) is 7.13. The summed E-state index contributed by atoms with van der Waals surface area (Å²) in [7, 11) is 0. The van der Waals surface area contributed by atoms with E-state index in [4.69, 9.17) is 4.74 Å². The van der Waals surface area contributed by atoms with Crippen LogP contribution in [0.1, 0.15) is 83.9 Å². The third-order valence-electron chi connectivity index (χ3n) is 6.38. The molecule has 2 nitrogen and oxygen atoms in total. The van der Waals surface area contributed by atoms with Gasteiger partial charge < -0.3 is 21.7 Å². The van der Waals surface area contributed by atoms with Gasteiger partial charge in [-0.15, -0.1) is 0 Å². The summed E-state index contributed by atoms with van der Waals surface area (Å²) in [5, 5.41) is 0. The van der Waals surface area contributed by atoms with Gasteiger partial charge in [-0.3, -0.25) is 0 Å². The zero-order chi connectivity index (χ0) is 20.8. The van der Waals surface area contributed by atoms with Crippen LogP contribution in [-0.2, 0) is 17.4 Å². The zero-order valence-electron chi connectivity index (χ0n) is 19.5. The van der Waals surface area contributed by atoms with Gasteiger partial charge in [-0.2, -0.15) is 0 Å². The fourth-order valence-corrected chi connectivity index (χ4v) is 3.26. The van der Waals surface area contributed by atoms with Crippen molar-refractivity contribution in [1.82, 2.24) is 0 Å². The maximum absolute atomic E-state index is 6.27. The minimum atomic E-state index is 0. The summed E-state index contributed by atoms with van der Waals surface area (Å²) in [6, 6.07) is 11.2. The average Bonchev–Trinajstić information content (AvgIpc) is 2.69. The maximum Gasteiger partial charge on any atom is 0.169 e. The highest BCUT2D eigenvalue weighted by atomic mass is 79.9. The molecule has 0 N–H and O–H groups in total. The molecule has 0 bridgehead atoms. The van der Waals surface area contributed by atoms with Gasteiger partial charge in [0.05, 0.1) is 6.61 Å². The highest BCUT2D eigenvalue weighted by molar-refractivity contribution is 5.44. The minimum Gasteiger partial charge on any atom is -1.00 e. The first kappa shape index (κ1) is 25.7. The molecule has 0 aliphatic rings. The molecule has 2 rings (SSSR count). The van der Waals surface area contributed by atoms with Gasteiger partial charge in [0.25, 0.3) is 0 Å². The molecule has 2 aromatic rings. The Balaban J connectivity index is 0.00000420. The molecule has 0 spiro atoms. The number of benzene rings is 1. The lowest BCUT2D eigenvalue weighted by Crippen LogP contribution is -3.00. The molecule has 1 aromatic carbocycles. The molecule has 29 heavy (non-hydrogen) atoms. The number of aromatic nitrogens is 1. The van der Waals surface area contributed by atoms with E-state index in [0.717, 1.165) is 44.6 Å². The molecule has 0 aliphatic heterocycles. The molecule has 3 heteroatoms. The Morgan fingerprint density at radius 1 is 0.862 bits per heavy atom. The van der Waals surface area contributed by atoms with Crippen LogP contribution < -0.4 is 26.3 Å². The van der Waals surface area contributed by atoms with E-state index in [1.54, 1.807) is 0 Å². The SMILES string of the molecule is CCC(C)(C)c1ccc(OCCCC[n+]2ccc(C)cc2)c(C(C)(C)CC)c1.[Br-]. The van der Waals surface area contributed by atoms with Crippen molar-refractivity contribution in [1.29, 1.82) is 0 Å². The smallest absolute Gasteiger partial charge is 0.169 e. The van der Waals surface area contributed by atoms with Crippen molar-refractivity contribution in [3.05, 3.63) is 59.4 Å². The summed E-state index contributed by atoms with van der Waals surface area (Å²) in [6.45, 7) is 17.8. The van der Waals surface area contributed by atoms with Crippen LogP contribution in [0.25, 0.3) is 0 Å². The molecule has 0 fully saturated rings. The minimum absolute atomic E-state index is 0. The summed E-state index contributed by atoms with van der Waals surface area (Å²) in [4.78, 5) is 0.